The van der Waals surface area contributed by atoms with Crippen molar-refractivity contribution in [3.05, 3.63) is 18.2 Å². The lowest BCUT2D eigenvalue weighted by Gasteiger charge is -2.19. The van der Waals surface area contributed by atoms with Gasteiger partial charge in [0.15, 0.2) is 0 Å². The van der Waals surface area contributed by atoms with Crippen molar-refractivity contribution in [2.24, 2.45) is 5.73 Å². The van der Waals surface area contributed by atoms with Crippen LogP contribution in [0.3, 0.4) is 0 Å². The van der Waals surface area contributed by atoms with Gasteiger partial charge in [0.25, 0.3) is 0 Å². The molecule has 4 N–H and O–H groups in total. The molecule has 0 bridgehead atoms. The van der Waals surface area contributed by atoms with Crippen molar-refractivity contribution in [3.8, 4) is 0 Å². The minimum atomic E-state index is 0.0764. The molecule has 1 aliphatic heterocycles. The Morgan fingerprint density at radius 1 is 1.39 bits per heavy atom. The van der Waals surface area contributed by atoms with Crippen molar-refractivity contribution in [3.63, 3.8) is 0 Å². The maximum Gasteiger partial charge on any atom is 0.234 e. The van der Waals surface area contributed by atoms with Crippen LogP contribution in [0, 0.1) is 0 Å². The minimum Gasteiger partial charge on any atom is -0.382 e. The second-order valence-corrected chi connectivity index (χ2v) is 5.98. The molecule has 0 aromatic heterocycles. The van der Waals surface area contributed by atoms with Crippen LogP contribution in [-0.2, 0) is 4.79 Å². The number of hydrogen-bond donors (Lipinski definition) is 3. The van der Waals surface area contributed by atoms with E-state index in [1.807, 2.05) is 6.07 Å². The zero-order chi connectivity index (χ0) is 12.5. The second-order valence-electron chi connectivity index (χ2n) is 4.96. The van der Waals surface area contributed by atoms with Gasteiger partial charge in [-0.15, -0.1) is 11.8 Å². The van der Waals surface area contributed by atoms with Crippen LogP contribution in [0.4, 0.5) is 11.4 Å². The molecule has 4 nitrogen and oxygen atoms in total. The lowest BCUT2D eigenvalue weighted by atomic mass is 10.2. The van der Waals surface area contributed by atoms with Crippen molar-refractivity contribution in [2.45, 2.75) is 36.2 Å². The highest BCUT2D eigenvalue weighted by Gasteiger charge is 2.22. The molecule has 18 heavy (non-hydrogen) atoms. The number of amides is 1. The predicted molar refractivity (Wildman–Crippen MR) is 75.0 cm³/mol. The topological polar surface area (TPSA) is 67.2 Å². The number of carbonyl (C=O) groups excluding carboxylic acids is 1. The Morgan fingerprint density at radius 2 is 2.28 bits per heavy atom. The molecule has 1 amide bonds. The number of rotatable bonds is 2. The van der Waals surface area contributed by atoms with E-state index < -0.39 is 0 Å². The third kappa shape index (κ3) is 2.47. The Kier molecular flexibility index (Phi) is 3.18. The Labute approximate surface area is 111 Å². The minimum absolute atomic E-state index is 0.0764. The fraction of sp³-hybridized carbons (Fsp3) is 0.462. The average molecular weight is 263 g/mol. The SMILES string of the molecule is NC1CCC(Nc2ccc3c(c2)NC(=O)CS3)C1. The molecular weight excluding hydrogens is 246 g/mol. The number of fused-ring (bicyclic) bond motifs is 1. The Hall–Kier alpha value is -1.20. The summed E-state index contributed by atoms with van der Waals surface area (Å²) in [5.74, 6) is 0.588. The van der Waals surface area contributed by atoms with Gasteiger partial charge in [0, 0.05) is 22.7 Å². The highest BCUT2D eigenvalue weighted by molar-refractivity contribution is 8.00. The third-order valence-corrected chi connectivity index (χ3v) is 4.53. The van der Waals surface area contributed by atoms with Gasteiger partial charge < -0.3 is 16.4 Å². The van der Waals surface area contributed by atoms with Gasteiger partial charge in [-0.05, 0) is 37.5 Å². The van der Waals surface area contributed by atoms with Crippen molar-refractivity contribution < 1.29 is 4.79 Å². The van der Waals surface area contributed by atoms with Gasteiger partial charge in [-0.3, -0.25) is 4.79 Å². The number of anilines is 2. The van der Waals surface area contributed by atoms with Crippen LogP contribution in [0.5, 0.6) is 0 Å². The zero-order valence-corrected chi connectivity index (χ0v) is 10.9. The second kappa shape index (κ2) is 4.82. The van der Waals surface area contributed by atoms with Gasteiger partial charge in [0.05, 0.1) is 11.4 Å². The summed E-state index contributed by atoms with van der Waals surface area (Å²) < 4.78 is 0. The molecule has 1 aliphatic carbocycles. The lowest BCUT2D eigenvalue weighted by molar-refractivity contribution is -0.113. The van der Waals surface area contributed by atoms with Crippen molar-refractivity contribution >= 4 is 29.0 Å². The van der Waals surface area contributed by atoms with E-state index in [-0.39, 0.29) is 5.91 Å². The normalized spacial score (nSPS) is 26.6. The van der Waals surface area contributed by atoms with E-state index in [4.69, 9.17) is 5.73 Å². The van der Waals surface area contributed by atoms with Gasteiger partial charge in [-0.2, -0.15) is 0 Å². The number of benzene rings is 1. The Balaban J connectivity index is 1.73. The standard InChI is InChI=1S/C13H17N3OS/c14-8-1-2-9(5-8)15-10-3-4-12-11(6-10)16-13(17)7-18-12/h3-4,6,8-9,15H,1-2,5,7,14H2,(H,16,17). The van der Waals surface area contributed by atoms with E-state index in [0.29, 0.717) is 17.8 Å². The lowest BCUT2D eigenvalue weighted by Crippen LogP contribution is -2.21. The van der Waals surface area contributed by atoms with Gasteiger partial charge in [0.2, 0.25) is 5.91 Å². The third-order valence-electron chi connectivity index (χ3n) is 3.46. The summed E-state index contributed by atoms with van der Waals surface area (Å²) in [6.07, 6.45) is 3.24. The summed E-state index contributed by atoms with van der Waals surface area (Å²) in [6.45, 7) is 0. The smallest absolute Gasteiger partial charge is 0.234 e. The number of thioether (sulfide) groups is 1. The highest BCUT2D eigenvalue weighted by atomic mass is 32.2. The van der Waals surface area contributed by atoms with Gasteiger partial charge in [0.1, 0.15) is 0 Å². The van der Waals surface area contributed by atoms with E-state index in [1.54, 1.807) is 11.8 Å². The molecular formula is C13H17N3OS. The van der Waals surface area contributed by atoms with Crippen LogP contribution >= 0.6 is 11.8 Å². The molecule has 0 saturated heterocycles. The highest BCUT2D eigenvalue weighted by Crippen LogP contribution is 2.34. The summed E-state index contributed by atoms with van der Waals surface area (Å²) >= 11 is 1.59. The zero-order valence-electron chi connectivity index (χ0n) is 10.1. The first-order valence-corrected chi connectivity index (χ1v) is 7.28. The molecule has 1 aromatic carbocycles. The molecule has 96 valence electrons. The molecule has 1 aromatic rings. The molecule has 1 fully saturated rings. The van der Waals surface area contributed by atoms with E-state index in [9.17, 15) is 4.79 Å². The number of nitrogens with two attached hydrogens (primary N) is 1. The summed E-state index contributed by atoms with van der Waals surface area (Å²) in [5, 5.41) is 6.41. The summed E-state index contributed by atoms with van der Waals surface area (Å²) in [4.78, 5) is 12.5. The quantitative estimate of drug-likeness (QED) is 0.763. The summed E-state index contributed by atoms with van der Waals surface area (Å²) in [5.41, 5.74) is 7.89. The van der Waals surface area contributed by atoms with Crippen LogP contribution in [0.25, 0.3) is 0 Å². The summed E-state index contributed by atoms with van der Waals surface area (Å²) in [7, 11) is 0. The molecule has 0 radical (unpaired) electrons. The Morgan fingerprint density at radius 3 is 3.06 bits per heavy atom. The molecule has 0 spiro atoms. The summed E-state index contributed by atoms with van der Waals surface area (Å²) in [6, 6.07) is 6.95. The van der Waals surface area contributed by atoms with E-state index >= 15 is 0 Å². The largest absolute Gasteiger partial charge is 0.382 e. The van der Waals surface area contributed by atoms with Crippen LogP contribution in [0.2, 0.25) is 0 Å². The predicted octanol–water partition coefficient (Wildman–Crippen LogP) is 2.02. The van der Waals surface area contributed by atoms with Crippen LogP contribution in [0.15, 0.2) is 23.1 Å². The monoisotopic (exact) mass is 263 g/mol. The Bertz CT molecular complexity index is 477. The van der Waals surface area contributed by atoms with Crippen molar-refractivity contribution in [1.82, 2.24) is 0 Å². The first-order chi connectivity index (χ1) is 8.70. The molecule has 1 saturated carbocycles. The maximum absolute atomic E-state index is 11.4. The average Bonchev–Trinajstić information content (AvgIpc) is 2.74. The fourth-order valence-corrected chi connectivity index (χ4v) is 3.34. The van der Waals surface area contributed by atoms with Gasteiger partial charge in [-0.25, -0.2) is 0 Å². The first-order valence-electron chi connectivity index (χ1n) is 6.29. The van der Waals surface area contributed by atoms with E-state index in [1.165, 1.54) is 0 Å². The molecule has 2 atom stereocenters. The first kappa shape index (κ1) is 11.9. The van der Waals surface area contributed by atoms with Crippen LogP contribution in [0.1, 0.15) is 19.3 Å². The fourth-order valence-electron chi connectivity index (χ4n) is 2.56. The van der Waals surface area contributed by atoms with E-state index in [2.05, 4.69) is 22.8 Å². The molecule has 5 heteroatoms. The number of nitrogens with one attached hydrogen (secondary N) is 2. The van der Waals surface area contributed by atoms with Crippen LogP contribution < -0.4 is 16.4 Å². The van der Waals surface area contributed by atoms with Crippen LogP contribution in [-0.4, -0.2) is 23.7 Å². The maximum atomic E-state index is 11.4. The molecule has 1 heterocycles. The van der Waals surface area contributed by atoms with Gasteiger partial charge >= 0.3 is 0 Å². The molecule has 2 unspecified atom stereocenters. The van der Waals surface area contributed by atoms with Gasteiger partial charge in [-0.1, -0.05) is 0 Å². The van der Waals surface area contributed by atoms with Crippen molar-refractivity contribution in [1.29, 1.82) is 0 Å². The van der Waals surface area contributed by atoms with E-state index in [0.717, 1.165) is 35.5 Å². The number of carbonyl (C=O) groups is 1. The van der Waals surface area contributed by atoms with Crippen molar-refractivity contribution in [2.75, 3.05) is 16.4 Å². The molecule has 3 rings (SSSR count). The number of hydrogen-bond acceptors (Lipinski definition) is 4. The molecule has 2 aliphatic rings.